The van der Waals surface area contributed by atoms with Crippen LogP contribution in [0.15, 0.2) is 66.9 Å². The number of ketones is 1. The Labute approximate surface area is 231 Å². The quantitative estimate of drug-likeness (QED) is 0.160. The fourth-order valence-electron chi connectivity index (χ4n) is 3.60. The highest BCUT2D eigenvalue weighted by Crippen LogP contribution is 2.36. The highest BCUT2D eigenvalue weighted by Gasteiger charge is 2.36. The van der Waals surface area contributed by atoms with Gasteiger partial charge < -0.3 is 19.0 Å². The van der Waals surface area contributed by atoms with Crippen LogP contribution < -0.4 is 10.1 Å². The molecule has 3 rings (SSSR count). The van der Waals surface area contributed by atoms with E-state index in [9.17, 15) is 9.59 Å². The maximum absolute atomic E-state index is 13.2. The Morgan fingerprint density at radius 1 is 1.05 bits per heavy atom. The molecule has 1 aromatic heterocycles. The molecular weight excluding hydrogens is 516 g/mol. The third-order valence-corrected chi connectivity index (χ3v) is 11.7. The fourth-order valence-corrected chi connectivity index (χ4v) is 4.80. The van der Waals surface area contributed by atoms with E-state index in [2.05, 4.69) is 39.2 Å². The Morgan fingerprint density at radius 3 is 2.42 bits per heavy atom. The molecule has 38 heavy (non-hydrogen) atoms. The molecule has 0 radical (unpaired) electrons. The van der Waals surface area contributed by atoms with Crippen LogP contribution in [0.3, 0.4) is 0 Å². The number of ether oxygens (including phenoxy) is 1. The number of hydrogen-bond donors (Lipinski definition) is 1. The van der Waals surface area contributed by atoms with Gasteiger partial charge in [-0.15, -0.1) is 0 Å². The Morgan fingerprint density at radius 2 is 1.76 bits per heavy atom. The number of carbonyl (C=O) groups excluding carboxylic acids is 2. The van der Waals surface area contributed by atoms with Crippen LogP contribution in [-0.2, 0) is 11.0 Å². The smallest absolute Gasteiger partial charge is 0.251 e. The Kier molecular flexibility index (Phi) is 9.76. The number of amides is 1. The van der Waals surface area contributed by atoms with E-state index in [-0.39, 0.29) is 16.7 Å². The van der Waals surface area contributed by atoms with E-state index in [1.165, 1.54) is 0 Å². The van der Waals surface area contributed by atoms with Crippen LogP contribution in [0.25, 0.3) is 6.08 Å². The molecule has 0 atom stereocenters. The molecule has 0 fully saturated rings. The molecule has 0 bridgehead atoms. The van der Waals surface area contributed by atoms with Crippen LogP contribution in [0.2, 0.25) is 23.2 Å². The van der Waals surface area contributed by atoms with E-state index in [0.29, 0.717) is 47.4 Å². The average Bonchev–Trinajstić information content (AvgIpc) is 3.34. The van der Waals surface area contributed by atoms with Gasteiger partial charge in [0.2, 0.25) is 5.78 Å². The van der Waals surface area contributed by atoms with Crippen LogP contribution in [0.1, 0.15) is 52.7 Å². The van der Waals surface area contributed by atoms with Crippen LogP contribution in [-0.4, -0.2) is 44.8 Å². The standard InChI is InChI=1S/C30H37ClN2O4Si/c1-30(2,3)38(5,6)37-20-19-36-25-15-12-23(13-16-25)28(34)27-10-8-18-33(27)17-7-9-22-11-14-24(31)21-26(22)29(35)32-4/h7-16,18,21H,17,19-20H2,1-6H3,(H,32,35)/b9-7+. The van der Waals surface area contributed by atoms with Crippen molar-refractivity contribution in [3.8, 4) is 5.75 Å². The first-order valence-electron chi connectivity index (χ1n) is 12.7. The van der Waals surface area contributed by atoms with Crippen molar-refractivity contribution < 1.29 is 18.8 Å². The normalized spacial score (nSPS) is 12.1. The van der Waals surface area contributed by atoms with E-state index < -0.39 is 8.32 Å². The molecule has 0 unspecified atom stereocenters. The minimum absolute atomic E-state index is 0.0752. The van der Waals surface area contributed by atoms with Gasteiger partial charge in [-0.1, -0.05) is 50.6 Å². The summed E-state index contributed by atoms with van der Waals surface area (Å²) in [5, 5.41) is 3.28. The van der Waals surface area contributed by atoms with Crippen molar-refractivity contribution in [2.75, 3.05) is 20.3 Å². The van der Waals surface area contributed by atoms with Gasteiger partial charge in [0.1, 0.15) is 12.4 Å². The molecule has 6 nitrogen and oxygen atoms in total. The van der Waals surface area contributed by atoms with Crippen LogP contribution in [0.4, 0.5) is 0 Å². The van der Waals surface area contributed by atoms with Gasteiger partial charge in [0.15, 0.2) is 8.32 Å². The molecule has 0 aliphatic heterocycles. The summed E-state index contributed by atoms with van der Waals surface area (Å²) in [5.74, 6) is 0.418. The van der Waals surface area contributed by atoms with E-state index in [0.717, 1.165) is 5.56 Å². The predicted octanol–water partition coefficient (Wildman–Crippen LogP) is 6.85. The number of nitrogens with one attached hydrogen (secondary N) is 1. The zero-order valence-corrected chi connectivity index (χ0v) is 24.8. The molecule has 1 N–H and O–H groups in total. The summed E-state index contributed by atoms with van der Waals surface area (Å²) in [4.78, 5) is 25.4. The summed E-state index contributed by atoms with van der Waals surface area (Å²) in [6.45, 7) is 12.6. The first-order valence-corrected chi connectivity index (χ1v) is 16.0. The summed E-state index contributed by atoms with van der Waals surface area (Å²) >= 11 is 6.06. The Bertz CT molecular complexity index is 1290. The second-order valence-corrected chi connectivity index (χ2v) is 15.8. The molecule has 0 aliphatic carbocycles. The van der Waals surface area contributed by atoms with E-state index >= 15 is 0 Å². The van der Waals surface area contributed by atoms with Crippen LogP contribution in [0, 0.1) is 0 Å². The number of aromatic nitrogens is 1. The topological polar surface area (TPSA) is 69.6 Å². The van der Waals surface area contributed by atoms with Gasteiger partial charge in [-0.3, -0.25) is 9.59 Å². The number of halogens is 1. The molecular formula is C30H37ClN2O4Si. The van der Waals surface area contributed by atoms with Crippen LogP contribution in [0.5, 0.6) is 5.75 Å². The number of nitrogens with zero attached hydrogens (tertiary/aromatic N) is 1. The summed E-state index contributed by atoms with van der Waals surface area (Å²) in [7, 11) is -0.218. The Balaban J connectivity index is 1.61. The number of carbonyl (C=O) groups is 2. The number of hydrogen-bond acceptors (Lipinski definition) is 4. The average molecular weight is 553 g/mol. The molecule has 202 valence electrons. The molecule has 0 saturated carbocycles. The van der Waals surface area contributed by atoms with Gasteiger partial charge >= 0.3 is 0 Å². The highest BCUT2D eigenvalue weighted by atomic mass is 35.5. The van der Waals surface area contributed by atoms with Gasteiger partial charge in [-0.25, -0.2) is 0 Å². The lowest BCUT2D eigenvalue weighted by atomic mass is 10.1. The van der Waals surface area contributed by atoms with Crippen LogP contribution >= 0.6 is 11.6 Å². The summed E-state index contributed by atoms with van der Waals surface area (Å²) in [6, 6.07) is 16.0. The fraction of sp³-hybridized carbons (Fsp3) is 0.333. The highest BCUT2D eigenvalue weighted by molar-refractivity contribution is 6.74. The largest absolute Gasteiger partial charge is 0.491 e. The van der Waals surface area contributed by atoms with Crippen molar-refractivity contribution in [2.45, 2.75) is 45.4 Å². The molecule has 2 aromatic carbocycles. The molecule has 0 spiro atoms. The first-order chi connectivity index (χ1) is 17.9. The van der Waals surface area contributed by atoms with Gasteiger partial charge in [0.25, 0.3) is 5.91 Å². The van der Waals surface area contributed by atoms with E-state index in [1.807, 2.05) is 41.1 Å². The van der Waals surface area contributed by atoms with Gasteiger partial charge in [0.05, 0.1) is 12.3 Å². The zero-order valence-electron chi connectivity index (χ0n) is 23.0. The monoisotopic (exact) mass is 552 g/mol. The first kappa shape index (κ1) is 29.4. The lowest BCUT2D eigenvalue weighted by molar-refractivity contribution is 0.0962. The van der Waals surface area contributed by atoms with Crippen molar-refractivity contribution >= 4 is 37.7 Å². The summed E-state index contributed by atoms with van der Waals surface area (Å²) in [6.07, 6.45) is 5.63. The second kappa shape index (κ2) is 12.6. The molecule has 1 amide bonds. The predicted molar refractivity (Wildman–Crippen MR) is 157 cm³/mol. The maximum atomic E-state index is 13.2. The Hall–Kier alpha value is -3.13. The number of rotatable bonds is 11. The van der Waals surface area contributed by atoms with E-state index in [4.69, 9.17) is 20.8 Å². The number of allylic oxidation sites excluding steroid dienone is 1. The second-order valence-electron chi connectivity index (χ2n) is 10.6. The lowest BCUT2D eigenvalue weighted by Crippen LogP contribution is -2.41. The zero-order chi connectivity index (χ0) is 27.9. The van der Waals surface area contributed by atoms with Gasteiger partial charge in [-0.05, 0) is 72.2 Å². The number of benzene rings is 2. The molecule has 8 heteroatoms. The minimum Gasteiger partial charge on any atom is -0.491 e. The summed E-state index contributed by atoms with van der Waals surface area (Å²) in [5.41, 5.74) is 2.40. The molecule has 0 saturated heterocycles. The SMILES string of the molecule is CNC(=O)c1cc(Cl)ccc1/C=C/Cn1cccc1C(=O)c1ccc(OCCO[Si](C)(C)C(C)(C)C)cc1. The third kappa shape index (κ3) is 7.46. The lowest BCUT2D eigenvalue weighted by Gasteiger charge is -2.36. The summed E-state index contributed by atoms with van der Waals surface area (Å²) < 4.78 is 13.9. The van der Waals surface area contributed by atoms with Gasteiger partial charge in [-0.2, -0.15) is 0 Å². The van der Waals surface area contributed by atoms with Crippen molar-refractivity contribution in [2.24, 2.45) is 0 Å². The van der Waals surface area contributed by atoms with Crippen molar-refractivity contribution in [3.63, 3.8) is 0 Å². The molecule has 3 aromatic rings. The molecule has 1 heterocycles. The van der Waals surface area contributed by atoms with Crippen molar-refractivity contribution in [1.29, 1.82) is 0 Å². The van der Waals surface area contributed by atoms with E-state index in [1.54, 1.807) is 43.4 Å². The van der Waals surface area contributed by atoms with Crippen molar-refractivity contribution in [3.05, 3.63) is 94.3 Å². The van der Waals surface area contributed by atoms with Gasteiger partial charge in [0, 0.05) is 35.9 Å². The minimum atomic E-state index is -1.80. The third-order valence-electron chi connectivity index (χ3n) is 6.89. The maximum Gasteiger partial charge on any atom is 0.251 e. The van der Waals surface area contributed by atoms with Crippen molar-refractivity contribution in [1.82, 2.24) is 9.88 Å². The molecule has 0 aliphatic rings.